The van der Waals surface area contributed by atoms with Crippen LogP contribution in [0.5, 0.6) is 0 Å². The number of esters is 1. The molecule has 1 amide bonds. The molecule has 0 bridgehead atoms. The number of thioether (sulfide) groups is 1. The van der Waals surface area contributed by atoms with Gasteiger partial charge in [0, 0.05) is 24.2 Å². The minimum absolute atomic E-state index is 0.00396. The second-order valence-corrected chi connectivity index (χ2v) is 6.07. The Morgan fingerprint density at radius 3 is 2.79 bits per heavy atom. The molecule has 7 nitrogen and oxygen atoms in total. The summed E-state index contributed by atoms with van der Waals surface area (Å²) >= 11 is 1.49. The fraction of sp³-hybridized carbons (Fsp3) is 0.250. The van der Waals surface area contributed by atoms with E-state index >= 15 is 0 Å². The fourth-order valence-corrected chi connectivity index (χ4v) is 3.19. The molecule has 24 heavy (non-hydrogen) atoms. The summed E-state index contributed by atoms with van der Waals surface area (Å²) in [6.45, 7) is 2.58. The highest BCUT2D eigenvalue weighted by Crippen LogP contribution is 2.20. The molecule has 0 spiro atoms. The molecule has 0 atom stereocenters. The maximum Gasteiger partial charge on any atom is 0.338 e. The van der Waals surface area contributed by atoms with E-state index in [9.17, 15) is 14.4 Å². The first kappa shape index (κ1) is 16.3. The molecule has 0 saturated carbocycles. The largest absolute Gasteiger partial charge is 0.462 e. The molecular formula is C16H15N3O4S. The Balaban J connectivity index is 1.76. The Morgan fingerprint density at radius 2 is 2.08 bits per heavy atom. The lowest BCUT2D eigenvalue weighted by Gasteiger charge is -2.07. The van der Waals surface area contributed by atoms with E-state index in [1.54, 1.807) is 31.2 Å². The van der Waals surface area contributed by atoms with Crippen LogP contribution in [-0.4, -0.2) is 33.8 Å². The zero-order chi connectivity index (χ0) is 17.1. The Hall–Kier alpha value is -2.61. The third-order valence-electron chi connectivity index (χ3n) is 3.46. The lowest BCUT2D eigenvalue weighted by Crippen LogP contribution is -2.29. The predicted molar refractivity (Wildman–Crippen MR) is 89.6 cm³/mol. The molecule has 124 valence electrons. The Morgan fingerprint density at radius 1 is 1.33 bits per heavy atom. The number of nitrogens with zero attached hydrogens (tertiary/aromatic N) is 2. The molecule has 2 aromatic rings. The molecule has 1 aliphatic heterocycles. The minimum Gasteiger partial charge on any atom is -0.462 e. The van der Waals surface area contributed by atoms with Gasteiger partial charge in [-0.05, 0) is 31.2 Å². The van der Waals surface area contributed by atoms with Crippen LogP contribution < -0.4 is 10.9 Å². The number of ether oxygens (including phenoxy) is 1. The van der Waals surface area contributed by atoms with Crippen LogP contribution in [0, 0.1) is 0 Å². The third-order valence-corrected chi connectivity index (χ3v) is 4.43. The van der Waals surface area contributed by atoms with E-state index in [1.807, 2.05) is 0 Å². The van der Waals surface area contributed by atoms with Crippen molar-refractivity contribution in [2.45, 2.75) is 18.6 Å². The molecule has 2 heterocycles. The van der Waals surface area contributed by atoms with Gasteiger partial charge in [-0.1, -0.05) is 11.8 Å². The zero-order valence-corrected chi connectivity index (χ0v) is 13.8. The fourth-order valence-electron chi connectivity index (χ4n) is 2.28. The molecule has 1 aliphatic rings. The van der Waals surface area contributed by atoms with Crippen LogP contribution in [0.2, 0.25) is 0 Å². The zero-order valence-electron chi connectivity index (χ0n) is 12.9. The summed E-state index contributed by atoms with van der Waals surface area (Å²) in [5, 5.41) is 3.27. The van der Waals surface area contributed by atoms with E-state index in [0.717, 1.165) is 5.75 Å². The number of aromatic nitrogens is 2. The summed E-state index contributed by atoms with van der Waals surface area (Å²) in [6, 6.07) is 6.27. The Bertz CT molecular complexity index is 845. The van der Waals surface area contributed by atoms with Gasteiger partial charge in [0.25, 0.3) is 11.5 Å². The van der Waals surface area contributed by atoms with Gasteiger partial charge in [-0.2, -0.15) is 0 Å². The Kier molecular flexibility index (Phi) is 4.66. The number of fused-ring (bicyclic) bond motifs is 1. The number of anilines is 1. The normalized spacial score (nSPS) is 12.5. The van der Waals surface area contributed by atoms with E-state index < -0.39 is 11.9 Å². The number of amides is 1. The molecule has 1 aromatic carbocycles. The monoisotopic (exact) mass is 345 g/mol. The molecule has 8 heteroatoms. The first-order valence-electron chi connectivity index (χ1n) is 7.41. The molecule has 0 saturated heterocycles. The van der Waals surface area contributed by atoms with Crippen molar-refractivity contribution in [1.82, 2.24) is 9.55 Å². The average Bonchev–Trinajstić information content (AvgIpc) is 3.05. The smallest absolute Gasteiger partial charge is 0.338 e. The summed E-state index contributed by atoms with van der Waals surface area (Å²) in [7, 11) is 0. The topological polar surface area (TPSA) is 90.3 Å². The van der Waals surface area contributed by atoms with Gasteiger partial charge in [0.1, 0.15) is 5.56 Å². The second kappa shape index (κ2) is 6.88. The van der Waals surface area contributed by atoms with Crippen LogP contribution in [0.25, 0.3) is 0 Å². The third kappa shape index (κ3) is 3.18. The minimum atomic E-state index is -0.524. The van der Waals surface area contributed by atoms with E-state index in [2.05, 4.69) is 10.3 Å². The van der Waals surface area contributed by atoms with Crippen molar-refractivity contribution >= 4 is 29.3 Å². The first-order valence-corrected chi connectivity index (χ1v) is 8.40. The van der Waals surface area contributed by atoms with E-state index in [4.69, 9.17) is 4.74 Å². The van der Waals surface area contributed by atoms with Crippen molar-refractivity contribution in [2.75, 3.05) is 17.7 Å². The highest BCUT2D eigenvalue weighted by atomic mass is 32.2. The van der Waals surface area contributed by atoms with Gasteiger partial charge in [-0.25, -0.2) is 9.78 Å². The summed E-state index contributed by atoms with van der Waals surface area (Å²) in [6.07, 6.45) is 1.30. The quantitative estimate of drug-likeness (QED) is 0.671. The van der Waals surface area contributed by atoms with Crippen molar-refractivity contribution in [3.8, 4) is 0 Å². The maximum absolute atomic E-state index is 12.3. The SMILES string of the molecule is CCOC(=O)c1ccc(NC(=O)c2cnc3n(c2=O)CCS3)cc1. The second-order valence-electron chi connectivity index (χ2n) is 5.01. The van der Waals surface area contributed by atoms with Gasteiger partial charge in [0.15, 0.2) is 5.16 Å². The number of carbonyl (C=O) groups excluding carboxylic acids is 2. The standard InChI is InChI=1S/C16H15N3O4S/c1-2-23-15(22)10-3-5-11(6-4-10)18-13(20)12-9-17-16-19(14(12)21)7-8-24-16/h3-6,9H,2,7-8H2,1H3,(H,18,20). The van der Waals surface area contributed by atoms with Crippen LogP contribution >= 0.6 is 11.8 Å². The lowest BCUT2D eigenvalue weighted by atomic mass is 10.2. The number of hydrogen-bond acceptors (Lipinski definition) is 6. The highest BCUT2D eigenvalue weighted by Gasteiger charge is 2.20. The van der Waals surface area contributed by atoms with Gasteiger partial charge in [0.2, 0.25) is 0 Å². The summed E-state index contributed by atoms with van der Waals surface area (Å²) in [5.74, 6) is -0.166. The average molecular weight is 345 g/mol. The van der Waals surface area contributed by atoms with Gasteiger partial charge in [-0.15, -0.1) is 0 Å². The van der Waals surface area contributed by atoms with Crippen molar-refractivity contribution in [2.24, 2.45) is 0 Å². The van der Waals surface area contributed by atoms with Crippen molar-refractivity contribution in [3.63, 3.8) is 0 Å². The molecular weight excluding hydrogens is 330 g/mol. The summed E-state index contributed by atoms with van der Waals surface area (Å²) < 4.78 is 6.40. The van der Waals surface area contributed by atoms with Crippen LogP contribution in [0.1, 0.15) is 27.6 Å². The lowest BCUT2D eigenvalue weighted by molar-refractivity contribution is 0.0526. The van der Waals surface area contributed by atoms with Gasteiger partial charge < -0.3 is 10.1 Å². The molecule has 0 unspecified atom stereocenters. The molecule has 1 N–H and O–H groups in total. The van der Waals surface area contributed by atoms with Gasteiger partial charge in [0.05, 0.1) is 12.2 Å². The maximum atomic E-state index is 12.3. The van der Waals surface area contributed by atoms with Crippen molar-refractivity contribution in [1.29, 1.82) is 0 Å². The highest BCUT2D eigenvalue weighted by molar-refractivity contribution is 7.99. The van der Waals surface area contributed by atoms with E-state index in [0.29, 0.717) is 29.6 Å². The number of nitrogens with one attached hydrogen (secondary N) is 1. The number of carbonyl (C=O) groups is 2. The van der Waals surface area contributed by atoms with Crippen LogP contribution in [0.15, 0.2) is 40.4 Å². The molecule has 1 aromatic heterocycles. The molecule has 0 fully saturated rings. The van der Waals surface area contributed by atoms with Crippen LogP contribution in [0.3, 0.4) is 0 Å². The van der Waals surface area contributed by atoms with Gasteiger partial charge >= 0.3 is 5.97 Å². The van der Waals surface area contributed by atoms with Crippen LogP contribution in [-0.2, 0) is 11.3 Å². The Labute approximate surface area is 142 Å². The van der Waals surface area contributed by atoms with Crippen molar-refractivity contribution in [3.05, 3.63) is 51.9 Å². The number of hydrogen-bond donors (Lipinski definition) is 1. The predicted octanol–water partition coefficient (Wildman–Crippen LogP) is 1.78. The number of rotatable bonds is 4. The van der Waals surface area contributed by atoms with Gasteiger partial charge in [-0.3, -0.25) is 14.2 Å². The molecule has 0 radical (unpaired) electrons. The summed E-state index contributed by atoms with van der Waals surface area (Å²) in [4.78, 5) is 40.3. The van der Waals surface area contributed by atoms with E-state index in [1.165, 1.54) is 22.5 Å². The van der Waals surface area contributed by atoms with E-state index in [-0.39, 0.29) is 11.1 Å². The first-order chi connectivity index (χ1) is 11.6. The molecule has 3 rings (SSSR count). The van der Waals surface area contributed by atoms with Crippen LogP contribution in [0.4, 0.5) is 5.69 Å². The van der Waals surface area contributed by atoms with Crippen molar-refractivity contribution < 1.29 is 14.3 Å². The molecule has 0 aliphatic carbocycles. The summed E-state index contributed by atoms with van der Waals surface area (Å²) in [5.41, 5.74) is 0.528. The number of benzene rings is 1.